The molecular formula is C13H15FN2S2. The predicted molar refractivity (Wildman–Crippen MR) is 74.8 cm³/mol. The number of hydrogen-bond donors (Lipinski definition) is 1. The Kier molecular flexibility index (Phi) is 4.37. The van der Waals surface area contributed by atoms with Gasteiger partial charge in [0, 0.05) is 22.0 Å². The SMILES string of the molecule is CNC(C)c1cc(F)ccc1Sc1nc(C)cs1. The third-order valence-corrected chi connectivity index (χ3v) is 4.81. The first-order valence-corrected chi connectivity index (χ1v) is 7.36. The van der Waals surface area contributed by atoms with E-state index in [0.29, 0.717) is 0 Å². The fourth-order valence-electron chi connectivity index (χ4n) is 1.58. The summed E-state index contributed by atoms with van der Waals surface area (Å²) in [4.78, 5) is 5.47. The molecule has 0 amide bonds. The topological polar surface area (TPSA) is 24.9 Å². The number of nitrogens with zero attached hydrogens (tertiary/aromatic N) is 1. The van der Waals surface area contributed by atoms with Crippen LogP contribution in [0.1, 0.15) is 24.2 Å². The number of halogens is 1. The fraction of sp³-hybridized carbons (Fsp3) is 0.308. The smallest absolute Gasteiger partial charge is 0.154 e. The average Bonchev–Trinajstić information content (AvgIpc) is 2.76. The molecule has 5 heteroatoms. The molecular weight excluding hydrogens is 267 g/mol. The van der Waals surface area contributed by atoms with E-state index >= 15 is 0 Å². The zero-order valence-corrected chi connectivity index (χ0v) is 12.2. The highest BCUT2D eigenvalue weighted by atomic mass is 32.2. The molecule has 0 bridgehead atoms. The van der Waals surface area contributed by atoms with E-state index in [1.165, 1.54) is 6.07 Å². The number of benzene rings is 1. The molecule has 2 nitrogen and oxygen atoms in total. The zero-order chi connectivity index (χ0) is 13.1. The second-order valence-corrected chi connectivity index (χ2v) is 6.20. The summed E-state index contributed by atoms with van der Waals surface area (Å²) < 4.78 is 14.3. The minimum Gasteiger partial charge on any atom is -0.313 e. The van der Waals surface area contributed by atoms with Crippen LogP contribution in [0.5, 0.6) is 0 Å². The number of nitrogens with one attached hydrogen (secondary N) is 1. The lowest BCUT2D eigenvalue weighted by Gasteiger charge is -2.14. The molecule has 0 radical (unpaired) electrons. The number of thiazole rings is 1. The van der Waals surface area contributed by atoms with Gasteiger partial charge in [0.1, 0.15) is 5.82 Å². The third-order valence-electron chi connectivity index (χ3n) is 2.67. The van der Waals surface area contributed by atoms with Crippen LogP contribution in [0.15, 0.2) is 32.8 Å². The first-order valence-electron chi connectivity index (χ1n) is 5.67. The molecule has 1 heterocycles. The third kappa shape index (κ3) is 3.10. The Morgan fingerprint density at radius 2 is 2.22 bits per heavy atom. The van der Waals surface area contributed by atoms with Gasteiger partial charge in [-0.2, -0.15) is 0 Å². The van der Waals surface area contributed by atoms with Crippen LogP contribution in [0.2, 0.25) is 0 Å². The van der Waals surface area contributed by atoms with Crippen molar-refractivity contribution in [2.24, 2.45) is 0 Å². The summed E-state index contributed by atoms with van der Waals surface area (Å²) in [6.45, 7) is 3.99. The van der Waals surface area contributed by atoms with Crippen molar-refractivity contribution in [1.29, 1.82) is 0 Å². The van der Waals surface area contributed by atoms with Gasteiger partial charge < -0.3 is 5.32 Å². The van der Waals surface area contributed by atoms with E-state index in [1.54, 1.807) is 29.2 Å². The summed E-state index contributed by atoms with van der Waals surface area (Å²) in [5, 5.41) is 5.16. The van der Waals surface area contributed by atoms with Crippen molar-refractivity contribution in [3.8, 4) is 0 Å². The highest BCUT2D eigenvalue weighted by Gasteiger charge is 2.12. The van der Waals surface area contributed by atoms with Gasteiger partial charge in [0.15, 0.2) is 4.34 Å². The Hall–Kier alpha value is -0.910. The van der Waals surface area contributed by atoms with Crippen LogP contribution < -0.4 is 5.32 Å². The van der Waals surface area contributed by atoms with E-state index in [-0.39, 0.29) is 11.9 Å². The highest BCUT2D eigenvalue weighted by Crippen LogP contribution is 2.35. The number of aromatic nitrogens is 1. The van der Waals surface area contributed by atoms with Gasteiger partial charge in [-0.15, -0.1) is 11.3 Å². The molecule has 2 rings (SSSR count). The maximum atomic E-state index is 13.3. The number of hydrogen-bond acceptors (Lipinski definition) is 4. The second-order valence-electron chi connectivity index (χ2n) is 4.05. The van der Waals surface area contributed by atoms with E-state index in [1.807, 2.05) is 32.3 Å². The molecule has 0 aliphatic carbocycles. The fourth-order valence-corrected chi connectivity index (χ4v) is 3.57. The van der Waals surface area contributed by atoms with Crippen molar-refractivity contribution in [3.63, 3.8) is 0 Å². The molecule has 0 fully saturated rings. The number of rotatable bonds is 4. The van der Waals surface area contributed by atoms with Crippen molar-refractivity contribution in [1.82, 2.24) is 10.3 Å². The van der Waals surface area contributed by atoms with Crippen molar-refractivity contribution >= 4 is 23.1 Å². The maximum Gasteiger partial charge on any atom is 0.154 e. The van der Waals surface area contributed by atoms with E-state index < -0.39 is 0 Å². The van der Waals surface area contributed by atoms with E-state index in [9.17, 15) is 4.39 Å². The largest absolute Gasteiger partial charge is 0.313 e. The maximum absolute atomic E-state index is 13.3. The second kappa shape index (κ2) is 5.82. The van der Waals surface area contributed by atoms with Crippen LogP contribution >= 0.6 is 23.1 Å². The minimum atomic E-state index is -0.202. The average molecular weight is 282 g/mol. The van der Waals surface area contributed by atoms with Crippen LogP contribution in [0.25, 0.3) is 0 Å². The highest BCUT2D eigenvalue weighted by molar-refractivity contribution is 8.01. The molecule has 0 saturated heterocycles. The van der Waals surface area contributed by atoms with Gasteiger partial charge in [-0.1, -0.05) is 11.8 Å². The van der Waals surface area contributed by atoms with Gasteiger partial charge in [0.2, 0.25) is 0 Å². The zero-order valence-electron chi connectivity index (χ0n) is 10.5. The quantitative estimate of drug-likeness (QED) is 0.916. The van der Waals surface area contributed by atoms with E-state index in [2.05, 4.69) is 10.3 Å². The summed E-state index contributed by atoms with van der Waals surface area (Å²) >= 11 is 3.20. The van der Waals surface area contributed by atoms with Crippen LogP contribution in [-0.4, -0.2) is 12.0 Å². The van der Waals surface area contributed by atoms with Crippen molar-refractivity contribution in [2.75, 3.05) is 7.05 Å². The van der Waals surface area contributed by atoms with Crippen molar-refractivity contribution in [3.05, 3.63) is 40.7 Å². The monoisotopic (exact) mass is 282 g/mol. The Morgan fingerprint density at radius 3 is 2.83 bits per heavy atom. The molecule has 96 valence electrons. The molecule has 1 N–H and O–H groups in total. The summed E-state index contributed by atoms with van der Waals surface area (Å²) in [6.07, 6.45) is 0. The number of aryl methyl sites for hydroxylation is 1. The van der Waals surface area contributed by atoms with E-state index in [0.717, 1.165) is 20.5 Å². The molecule has 18 heavy (non-hydrogen) atoms. The summed E-state index contributed by atoms with van der Waals surface area (Å²) in [5.41, 5.74) is 1.99. The Labute approximate surface area is 115 Å². The van der Waals surface area contributed by atoms with Crippen LogP contribution in [0, 0.1) is 12.7 Å². The first kappa shape index (κ1) is 13.5. The standard InChI is InChI=1S/C13H15FN2S2/c1-8-7-17-13(16-8)18-12-5-4-10(14)6-11(12)9(2)15-3/h4-7,9,15H,1-3H3. The summed E-state index contributed by atoms with van der Waals surface area (Å²) in [6, 6.07) is 5.02. The molecule has 1 unspecified atom stereocenters. The molecule has 0 aliphatic rings. The van der Waals surface area contributed by atoms with Crippen LogP contribution in [0.4, 0.5) is 4.39 Å². The van der Waals surface area contributed by atoms with Gasteiger partial charge in [0.25, 0.3) is 0 Å². The van der Waals surface area contributed by atoms with Gasteiger partial charge >= 0.3 is 0 Å². The Balaban J connectivity index is 2.31. The molecule has 1 atom stereocenters. The molecule has 0 aliphatic heterocycles. The summed E-state index contributed by atoms with van der Waals surface area (Å²) in [5.74, 6) is -0.202. The van der Waals surface area contributed by atoms with E-state index in [4.69, 9.17) is 0 Å². The Morgan fingerprint density at radius 1 is 1.44 bits per heavy atom. The lowest BCUT2D eigenvalue weighted by Crippen LogP contribution is -2.13. The van der Waals surface area contributed by atoms with Crippen LogP contribution in [0.3, 0.4) is 0 Å². The first-order chi connectivity index (χ1) is 8.60. The molecule has 1 aromatic carbocycles. The van der Waals surface area contributed by atoms with Crippen molar-refractivity contribution in [2.45, 2.75) is 29.1 Å². The van der Waals surface area contributed by atoms with Crippen molar-refractivity contribution < 1.29 is 4.39 Å². The van der Waals surface area contributed by atoms with Crippen LogP contribution in [-0.2, 0) is 0 Å². The molecule has 1 aromatic heterocycles. The minimum absolute atomic E-state index is 0.115. The van der Waals surface area contributed by atoms with Gasteiger partial charge in [-0.25, -0.2) is 9.37 Å². The molecule has 0 spiro atoms. The Bertz CT molecular complexity index is 540. The van der Waals surface area contributed by atoms with Gasteiger partial charge in [-0.05, 0) is 44.7 Å². The molecule has 2 aromatic rings. The predicted octanol–water partition coefficient (Wildman–Crippen LogP) is 4.02. The van der Waals surface area contributed by atoms with Gasteiger partial charge in [-0.3, -0.25) is 0 Å². The molecule has 0 saturated carbocycles. The lowest BCUT2D eigenvalue weighted by atomic mass is 10.1. The lowest BCUT2D eigenvalue weighted by molar-refractivity contribution is 0.601. The van der Waals surface area contributed by atoms with Gasteiger partial charge in [0.05, 0.1) is 0 Å². The summed E-state index contributed by atoms with van der Waals surface area (Å²) in [7, 11) is 1.87. The normalized spacial score (nSPS) is 12.7.